The largest absolute Gasteiger partial charge is 0.417 e. The van der Waals surface area contributed by atoms with E-state index in [1.165, 1.54) is 11.0 Å². The minimum Gasteiger partial charge on any atom is -0.316 e. The van der Waals surface area contributed by atoms with Crippen LogP contribution in [0.5, 0.6) is 0 Å². The van der Waals surface area contributed by atoms with Crippen molar-refractivity contribution < 1.29 is 26.4 Å². The SMILES string of the molecule is O=C(Cc1ccccc1Cl)N=C1SC2CS(=O)(=O)CC2N1c1ccc(Cl)c(C(F)(F)F)c1. The Balaban J connectivity index is 1.72. The maximum atomic E-state index is 13.4. The second kappa shape index (κ2) is 8.55. The third-order valence-corrected chi connectivity index (χ3v) is 9.03. The smallest absolute Gasteiger partial charge is 0.316 e. The summed E-state index contributed by atoms with van der Waals surface area (Å²) in [5, 5.41) is -0.372. The van der Waals surface area contributed by atoms with E-state index in [0.717, 1.165) is 23.9 Å². The second-order valence-electron chi connectivity index (χ2n) is 7.39. The fourth-order valence-electron chi connectivity index (χ4n) is 3.70. The fraction of sp³-hybridized carbons (Fsp3) is 0.300. The number of amidine groups is 1. The highest BCUT2D eigenvalue weighted by Crippen LogP contribution is 2.43. The number of benzene rings is 2. The summed E-state index contributed by atoms with van der Waals surface area (Å²) < 4.78 is 64.5. The lowest BCUT2D eigenvalue weighted by atomic mass is 10.1. The lowest BCUT2D eigenvalue weighted by Crippen LogP contribution is -2.38. The molecule has 4 rings (SSSR count). The van der Waals surface area contributed by atoms with Crippen LogP contribution in [0.15, 0.2) is 47.5 Å². The van der Waals surface area contributed by atoms with Crippen LogP contribution in [0.3, 0.4) is 0 Å². The van der Waals surface area contributed by atoms with Crippen LogP contribution >= 0.6 is 35.0 Å². The monoisotopic (exact) mass is 522 g/mol. The zero-order valence-corrected chi connectivity index (χ0v) is 19.3. The van der Waals surface area contributed by atoms with E-state index < -0.39 is 43.8 Å². The predicted molar refractivity (Wildman–Crippen MR) is 120 cm³/mol. The molecule has 0 aliphatic carbocycles. The standard InChI is InChI=1S/C20H15Cl2F3N2O3S2/c21-14-4-2-1-3-11(14)7-18(28)26-19-27(16-9-32(29,30)10-17(16)31-19)12-5-6-15(22)13(8-12)20(23,24)25/h1-6,8,16-17H,7,9-10H2. The van der Waals surface area contributed by atoms with Crippen LogP contribution < -0.4 is 4.90 Å². The van der Waals surface area contributed by atoms with Crippen molar-refractivity contribution in [1.29, 1.82) is 0 Å². The molecule has 170 valence electrons. The highest BCUT2D eigenvalue weighted by atomic mass is 35.5. The molecule has 0 bridgehead atoms. The van der Waals surface area contributed by atoms with E-state index in [1.807, 2.05) is 0 Å². The second-order valence-corrected chi connectivity index (χ2v) is 11.6. The topological polar surface area (TPSA) is 66.8 Å². The van der Waals surface area contributed by atoms with E-state index in [2.05, 4.69) is 4.99 Å². The summed E-state index contributed by atoms with van der Waals surface area (Å²) in [4.78, 5) is 18.1. The Labute approximate surface area is 196 Å². The molecule has 1 amide bonds. The van der Waals surface area contributed by atoms with Crippen LogP contribution in [0.4, 0.5) is 18.9 Å². The van der Waals surface area contributed by atoms with Gasteiger partial charge in [0.15, 0.2) is 15.0 Å². The van der Waals surface area contributed by atoms with Crippen molar-refractivity contribution in [1.82, 2.24) is 0 Å². The maximum Gasteiger partial charge on any atom is 0.417 e. The normalized spacial score (nSPS) is 23.5. The van der Waals surface area contributed by atoms with Gasteiger partial charge < -0.3 is 4.90 Å². The van der Waals surface area contributed by atoms with Gasteiger partial charge in [-0.2, -0.15) is 18.2 Å². The lowest BCUT2D eigenvalue weighted by molar-refractivity contribution is -0.137. The fourth-order valence-corrected chi connectivity index (χ4v) is 8.06. The maximum absolute atomic E-state index is 13.4. The Morgan fingerprint density at radius 1 is 1.12 bits per heavy atom. The number of anilines is 1. The molecular weight excluding hydrogens is 508 g/mol. The average Bonchev–Trinajstić information content (AvgIpc) is 3.14. The third-order valence-electron chi connectivity index (χ3n) is 5.12. The van der Waals surface area contributed by atoms with Crippen LogP contribution in [0.2, 0.25) is 10.0 Å². The number of alkyl halides is 3. The number of carbonyl (C=O) groups is 1. The molecule has 0 radical (unpaired) electrons. The Morgan fingerprint density at radius 3 is 2.53 bits per heavy atom. The predicted octanol–water partition coefficient (Wildman–Crippen LogP) is 4.86. The number of fused-ring (bicyclic) bond motifs is 1. The molecule has 2 saturated heterocycles. The van der Waals surface area contributed by atoms with Gasteiger partial charge in [-0.05, 0) is 29.8 Å². The van der Waals surface area contributed by atoms with Gasteiger partial charge in [0, 0.05) is 16.0 Å². The van der Waals surface area contributed by atoms with Crippen LogP contribution in [0.1, 0.15) is 11.1 Å². The molecule has 0 aromatic heterocycles. The first-order chi connectivity index (χ1) is 14.9. The molecule has 2 unspecified atom stereocenters. The molecule has 0 spiro atoms. The summed E-state index contributed by atoms with van der Waals surface area (Å²) in [6.07, 6.45) is -4.79. The summed E-state index contributed by atoms with van der Waals surface area (Å²) in [6.45, 7) is 0. The Hall–Kier alpha value is -1.75. The number of rotatable bonds is 3. The zero-order valence-electron chi connectivity index (χ0n) is 16.1. The Bertz CT molecular complexity index is 1220. The van der Waals surface area contributed by atoms with Gasteiger partial charge in [0.05, 0.1) is 34.6 Å². The number of thioether (sulfide) groups is 1. The number of carbonyl (C=O) groups excluding carboxylic acids is 1. The molecule has 0 saturated carbocycles. The first kappa shape index (κ1) is 23.4. The summed E-state index contributed by atoms with van der Waals surface area (Å²) in [7, 11) is -3.37. The molecule has 2 atom stereocenters. The number of hydrogen-bond acceptors (Lipinski definition) is 4. The van der Waals surface area contributed by atoms with Gasteiger partial charge in [0.25, 0.3) is 5.91 Å². The molecule has 2 aromatic carbocycles. The van der Waals surface area contributed by atoms with E-state index in [-0.39, 0.29) is 28.8 Å². The van der Waals surface area contributed by atoms with Crippen LogP contribution in [0.25, 0.3) is 0 Å². The number of aliphatic imine (C=N–C) groups is 1. The van der Waals surface area contributed by atoms with Crippen molar-refractivity contribution in [3.05, 3.63) is 63.6 Å². The van der Waals surface area contributed by atoms with Crippen LogP contribution in [-0.4, -0.2) is 42.3 Å². The summed E-state index contributed by atoms with van der Waals surface area (Å²) in [6, 6.07) is 9.43. The number of halogens is 5. The summed E-state index contributed by atoms with van der Waals surface area (Å²) in [5.41, 5.74) is -0.414. The molecule has 2 heterocycles. The van der Waals surface area contributed by atoms with Crippen molar-refractivity contribution in [2.45, 2.75) is 23.9 Å². The van der Waals surface area contributed by atoms with Gasteiger partial charge in [-0.15, -0.1) is 0 Å². The average molecular weight is 523 g/mol. The number of amides is 1. The first-order valence-electron chi connectivity index (χ1n) is 9.32. The highest BCUT2D eigenvalue weighted by molar-refractivity contribution is 8.16. The zero-order chi connectivity index (χ0) is 23.3. The molecule has 2 aliphatic heterocycles. The number of sulfone groups is 1. The van der Waals surface area contributed by atoms with E-state index >= 15 is 0 Å². The first-order valence-corrected chi connectivity index (χ1v) is 12.8. The van der Waals surface area contributed by atoms with Gasteiger partial charge >= 0.3 is 6.18 Å². The van der Waals surface area contributed by atoms with E-state index in [9.17, 15) is 26.4 Å². The van der Waals surface area contributed by atoms with Gasteiger partial charge in [0.2, 0.25) is 0 Å². The van der Waals surface area contributed by atoms with Gasteiger partial charge in [-0.25, -0.2) is 8.42 Å². The van der Waals surface area contributed by atoms with Crippen LogP contribution in [-0.2, 0) is 27.2 Å². The van der Waals surface area contributed by atoms with Crippen molar-refractivity contribution >= 4 is 61.6 Å². The van der Waals surface area contributed by atoms with Gasteiger partial charge in [0.1, 0.15) is 0 Å². The molecule has 5 nitrogen and oxygen atoms in total. The Kier molecular flexibility index (Phi) is 6.26. The summed E-state index contributed by atoms with van der Waals surface area (Å²) in [5.74, 6) is -0.929. The quantitative estimate of drug-likeness (QED) is 0.576. The molecule has 0 N–H and O–H groups in total. The van der Waals surface area contributed by atoms with E-state index in [0.29, 0.717) is 10.6 Å². The van der Waals surface area contributed by atoms with E-state index in [1.54, 1.807) is 24.3 Å². The van der Waals surface area contributed by atoms with E-state index in [4.69, 9.17) is 23.2 Å². The van der Waals surface area contributed by atoms with Gasteiger partial charge in [-0.3, -0.25) is 4.79 Å². The van der Waals surface area contributed by atoms with Gasteiger partial charge in [-0.1, -0.05) is 53.2 Å². The van der Waals surface area contributed by atoms with Crippen molar-refractivity contribution in [2.24, 2.45) is 4.99 Å². The molecule has 2 fully saturated rings. The third kappa shape index (κ3) is 4.78. The number of nitrogens with zero attached hydrogens (tertiary/aromatic N) is 2. The number of hydrogen-bond donors (Lipinski definition) is 0. The lowest BCUT2D eigenvalue weighted by Gasteiger charge is -2.25. The summed E-state index contributed by atoms with van der Waals surface area (Å²) >= 11 is 12.9. The molecule has 12 heteroatoms. The molecular formula is C20H15Cl2F3N2O3S2. The Morgan fingerprint density at radius 2 is 1.84 bits per heavy atom. The minimum atomic E-state index is -4.70. The molecule has 32 heavy (non-hydrogen) atoms. The minimum absolute atomic E-state index is 0.0723. The van der Waals surface area contributed by atoms with Crippen molar-refractivity contribution in [2.75, 3.05) is 16.4 Å². The molecule has 2 aromatic rings. The van der Waals surface area contributed by atoms with Crippen LogP contribution in [0, 0.1) is 0 Å². The highest BCUT2D eigenvalue weighted by Gasteiger charge is 2.49. The van der Waals surface area contributed by atoms with Crippen molar-refractivity contribution in [3.63, 3.8) is 0 Å². The molecule has 2 aliphatic rings. The van der Waals surface area contributed by atoms with Crippen molar-refractivity contribution in [3.8, 4) is 0 Å².